The Morgan fingerprint density at radius 3 is 2.59 bits per heavy atom. The molecule has 0 heterocycles. The van der Waals surface area contributed by atoms with Crippen LogP contribution in [0.25, 0.3) is 0 Å². The third-order valence-electron chi connectivity index (χ3n) is 2.51. The summed E-state index contributed by atoms with van der Waals surface area (Å²) in [4.78, 5) is 12.8. The Morgan fingerprint density at radius 1 is 1.29 bits per heavy atom. The Bertz CT molecular complexity index is 329. The number of carboxylic acids is 1. The van der Waals surface area contributed by atoms with E-state index in [1.165, 1.54) is 5.69 Å². The zero-order chi connectivity index (χ0) is 12.5. The van der Waals surface area contributed by atoms with Gasteiger partial charge in [0, 0.05) is 31.0 Å². The van der Waals surface area contributed by atoms with Gasteiger partial charge in [-0.05, 0) is 24.8 Å². The van der Waals surface area contributed by atoms with Crippen molar-refractivity contribution in [2.45, 2.75) is 12.8 Å². The van der Waals surface area contributed by atoms with Gasteiger partial charge in [-0.1, -0.05) is 18.2 Å². The maximum absolute atomic E-state index is 10.5. The Hall–Kier alpha value is -1.16. The first-order valence-electron chi connectivity index (χ1n) is 5.74. The lowest BCUT2D eigenvalue weighted by molar-refractivity contribution is -0.137. The van der Waals surface area contributed by atoms with Crippen LogP contribution in [0.5, 0.6) is 0 Å². The fourth-order valence-corrected chi connectivity index (χ4v) is 2.03. The normalized spacial score (nSPS) is 10.2. The van der Waals surface area contributed by atoms with Crippen molar-refractivity contribution in [3.05, 3.63) is 30.3 Å². The molecule has 0 radical (unpaired) electrons. The highest BCUT2D eigenvalue weighted by atomic mass is 32.2. The van der Waals surface area contributed by atoms with Crippen molar-refractivity contribution in [2.75, 3.05) is 30.0 Å². The minimum atomic E-state index is -0.720. The molecule has 0 saturated heterocycles. The molecule has 1 rings (SSSR count). The highest BCUT2D eigenvalue weighted by molar-refractivity contribution is 7.98. The monoisotopic (exact) mass is 253 g/mol. The van der Waals surface area contributed by atoms with Crippen LogP contribution in [0.3, 0.4) is 0 Å². The van der Waals surface area contributed by atoms with Gasteiger partial charge in [0.2, 0.25) is 0 Å². The van der Waals surface area contributed by atoms with Gasteiger partial charge in [-0.15, -0.1) is 0 Å². The molecular formula is C13H19NO2S. The average Bonchev–Trinajstić information content (AvgIpc) is 2.34. The van der Waals surface area contributed by atoms with Crippen LogP contribution < -0.4 is 4.90 Å². The predicted octanol–water partition coefficient (Wildman–Crippen LogP) is 2.72. The van der Waals surface area contributed by atoms with Gasteiger partial charge >= 0.3 is 5.97 Å². The first kappa shape index (κ1) is 13.9. The molecule has 0 bridgehead atoms. The molecule has 4 heteroatoms. The molecule has 0 unspecified atom stereocenters. The molecule has 17 heavy (non-hydrogen) atoms. The number of anilines is 1. The SMILES string of the molecule is CSCCN(CCCC(=O)O)c1ccccc1. The zero-order valence-corrected chi connectivity index (χ0v) is 10.9. The number of aliphatic carboxylic acids is 1. The van der Waals surface area contributed by atoms with Crippen molar-refractivity contribution in [1.29, 1.82) is 0 Å². The van der Waals surface area contributed by atoms with Gasteiger partial charge in [0.1, 0.15) is 0 Å². The van der Waals surface area contributed by atoms with Gasteiger partial charge in [0.05, 0.1) is 0 Å². The van der Waals surface area contributed by atoms with Crippen LogP contribution in [0.15, 0.2) is 30.3 Å². The van der Waals surface area contributed by atoms with Crippen molar-refractivity contribution in [3.63, 3.8) is 0 Å². The van der Waals surface area contributed by atoms with Gasteiger partial charge in [-0.2, -0.15) is 11.8 Å². The minimum Gasteiger partial charge on any atom is -0.481 e. The largest absolute Gasteiger partial charge is 0.481 e. The van der Waals surface area contributed by atoms with Gasteiger partial charge in [0.15, 0.2) is 0 Å². The van der Waals surface area contributed by atoms with E-state index < -0.39 is 5.97 Å². The lowest BCUT2D eigenvalue weighted by Gasteiger charge is -2.24. The summed E-state index contributed by atoms with van der Waals surface area (Å²) in [5.74, 6) is 0.338. The summed E-state index contributed by atoms with van der Waals surface area (Å²) >= 11 is 1.81. The first-order valence-corrected chi connectivity index (χ1v) is 7.14. The van der Waals surface area contributed by atoms with Gasteiger partial charge in [0.25, 0.3) is 0 Å². The molecule has 1 aromatic carbocycles. The molecule has 1 N–H and O–H groups in total. The van der Waals surface area contributed by atoms with Crippen molar-refractivity contribution in [2.24, 2.45) is 0 Å². The summed E-state index contributed by atoms with van der Waals surface area (Å²) in [6.45, 7) is 1.77. The summed E-state index contributed by atoms with van der Waals surface area (Å²) in [6.07, 6.45) is 3.02. The van der Waals surface area contributed by atoms with E-state index >= 15 is 0 Å². The number of para-hydroxylation sites is 1. The molecular weight excluding hydrogens is 234 g/mol. The predicted molar refractivity (Wildman–Crippen MR) is 73.9 cm³/mol. The lowest BCUT2D eigenvalue weighted by atomic mass is 10.2. The molecule has 1 aromatic rings. The number of hydrogen-bond donors (Lipinski definition) is 1. The van der Waals surface area contributed by atoms with E-state index in [1.807, 2.05) is 18.2 Å². The fraction of sp³-hybridized carbons (Fsp3) is 0.462. The third kappa shape index (κ3) is 5.63. The van der Waals surface area contributed by atoms with Crippen LogP contribution in [0.2, 0.25) is 0 Å². The maximum atomic E-state index is 10.5. The Labute approximate surface area is 107 Å². The Morgan fingerprint density at radius 2 is 2.00 bits per heavy atom. The van der Waals surface area contributed by atoms with Gasteiger partial charge in [-0.25, -0.2) is 0 Å². The van der Waals surface area contributed by atoms with E-state index in [4.69, 9.17) is 5.11 Å². The lowest BCUT2D eigenvalue weighted by Crippen LogP contribution is -2.27. The number of hydrogen-bond acceptors (Lipinski definition) is 3. The summed E-state index contributed by atoms with van der Waals surface area (Å²) < 4.78 is 0. The van der Waals surface area contributed by atoms with Crippen LogP contribution in [-0.2, 0) is 4.79 Å². The molecule has 0 aromatic heterocycles. The highest BCUT2D eigenvalue weighted by Crippen LogP contribution is 2.14. The molecule has 0 fully saturated rings. The fourth-order valence-electron chi connectivity index (χ4n) is 1.63. The summed E-state index contributed by atoms with van der Waals surface area (Å²) in [7, 11) is 0. The summed E-state index contributed by atoms with van der Waals surface area (Å²) in [6, 6.07) is 10.2. The minimum absolute atomic E-state index is 0.239. The average molecular weight is 253 g/mol. The number of benzene rings is 1. The molecule has 0 aliphatic rings. The van der Waals surface area contributed by atoms with Crippen LogP contribution in [-0.4, -0.2) is 36.2 Å². The smallest absolute Gasteiger partial charge is 0.303 e. The molecule has 0 aliphatic heterocycles. The molecule has 94 valence electrons. The van der Waals surface area contributed by atoms with Crippen LogP contribution >= 0.6 is 11.8 Å². The molecule has 3 nitrogen and oxygen atoms in total. The quantitative estimate of drug-likeness (QED) is 0.773. The summed E-state index contributed by atoms with van der Waals surface area (Å²) in [5.41, 5.74) is 1.17. The van der Waals surface area contributed by atoms with Crippen molar-refractivity contribution in [3.8, 4) is 0 Å². The topological polar surface area (TPSA) is 40.5 Å². The Balaban J connectivity index is 2.51. The standard InChI is InChI=1S/C13H19NO2S/c1-17-11-10-14(9-5-8-13(15)16)12-6-3-2-4-7-12/h2-4,6-7H,5,8-11H2,1H3,(H,15,16). The van der Waals surface area contributed by atoms with E-state index in [2.05, 4.69) is 23.3 Å². The second-order valence-corrected chi connectivity index (χ2v) is 4.80. The van der Waals surface area contributed by atoms with Gasteiger partial charge < -0.3 is 10.0 Å². The van der Waals surface area contributed by atoms with E-state index in [9.17, 15) is 4.79 Å². The van der Waals surface area contributed by atoms with Crippen LogP contribution in [0, 0.1) is 0 Å². The molecule has 0 aliphatic carbocycles. The van der Waals surface area contributed by atoms with Crippen LogP contribution in [0.1, 0.15) is 12.8 Å². The van der Waals surface area contributed by atoms with Crippen molar-refractivity contribution in [1.82, 2.24) is 0 Å². The highest BCUT2D eigenvalue weighted by Gasteiger charge is 2.06. The van der Waals surface area contributed by atoms with E-state index in [0.717, 1.165) is 18.8 Å². The van der Waals surface area contributed by atoms with E-state index in [1.54, 1.807) is 11.8 Å². The van der Waals surface area contributed by atoms with E-state index in [0.29, 0.717) is 6.42 Å². The molecule has 0 atom stereocenters. The number of nitrogens with zero attached hydrogens (tertiary/aromatic N) is 1. The van der Waals surface area contributed by atoms with E-state index in [-0.39, 0.29) is 6.42 Å². The van der Waals surface area contributed by atoms with Gasteiger partial charge in [-0.3, -0.25) is 4.79 Å². The number of rotatable bonds is 8. The summed E-state index contributed by atoms with van der Waals surface area (Å²) in [5, 5.41) is 8.65. The molecule has 0 saturated carbocycles. The number of carboxylic acid groups (broad SMARTS) is 1. The zero-order valence-electron chi connectivity index (χ0n) is 10.1. The van der Waals surface area contributed by atoms with Crippen molar-refractivity contribution < 1.29 is 9.90 Å². The molecule has 0 amide bonds. The van der Waals surface area contributed by atoms with Crippen LogP contribution in [0.4, 0.5) is 5.69 Å². The number of thioether (sulfide) groups is 1. The first-order chi connectivity index (χ1) is 8.24. The maximum Gasteiger partial charge on any atom is 0.303 e. The second-order valence-electron chi connectivity index (χ2n) is 3.81. The number of carbonyl (C=O) groups is 1. The second kappa shape index (κ2) is 8.01. The Kier molecular flexibility index (Phi) is 6.55. The van der Waals surface area contributed by atoms with Crippen molar-refractivity contribution >= 4 is 23.4 Å². The third-order valence-corrected chi connectivity index (χ3v) is 3.10. The molecule has 0 spiro atoms.